The number of fused-ring (bicyclic) bond motifs is 1. The average molecular weight is 655 g/mol. The third-order valence-corrected chi connectivity index (χ3v) is 8.34. The zero-order valence-corrected chi connectivity index (χ0v) is 26.9. The molecule has 6 rings (SSSR count). The van der Waals surface area contributed by atoms with Crippen LogP contribution >= 0.6 is 11.6 Å². The molecule has 1 aromatic heterocycles. The van der Waals surface area contributed by atoms with Crippen LogP contribution in [0.1, 0.15) is 17.2 Å². The summed E-state index contributed by atoms with van der Waals surface area (Å²) in [7, 11) is 3.07. The SMILES string of the molecule is COc1ccc(C(C(=O)Nc2ccc(N3CCOCC3)cc2)N(Cc2ccc(Cl)cc2)C(=O)Cn2nnc3ccccc32)cc1OC. The summed E-state index contributed by atoms with van der Waals surface area (Å²) in [6, 6.07) is 26.4. The van der Waals surface area contributed by atoms with Gasteiger partial charge in [0, 0.05) is 36.0 Å². The van der Waals surface area contributed by atoms with Crippen molar-refractivity contribution in [3.63, 3.8) is 0 Å². The summed E-state index contributed by atoms with van der Waals surface area (Å²) in [5.74, 6) is 0.188. The topological polar surface area (TPSA) is 111 Å². The Morgan fingerprint density at radius 3 is 2.38 bits per heavy atom. The van der Waals surface area contributed by atoms with E-state index >= 15 is 0 Å². The Labute approximate surface area is 277 Å². The second-order valence-electron chi connectivity index (χ2n) is 11.0. The maximum Gasteiger partial charge on any atom is 0.251 e. The molecule has 47 heavy (non-hydrogen) atoms. The van der Waals surface area contributed by atoms with Crippen LogP contribution in [0.4, 0.5) is 11.4 Å². The molecule has 1 atom stereocenters. The summed E-state index contributed by atoms with van der Waals surface area (Å²) < 4.78 is 18.1. The Morgan fingerprint density at radius 1 is 0.936 bits per heavy atom. The summed E-state index contributed by atoms with van der Waals surface area (Å²) in [6.45, 7) is 2.93. The van der Waals surface area contributed by atoms with Crippen LogP contribution in [-0.2, 0) is 27.4 Å². The molecule has 0 bridgehead atoms. The van der Waals surface area contributed by atoms with Crippen LogP contribution in [0.5, 0.6) is 11.5 Å². The fourth-order valence-corrected chi connectivity index (χ4v) is 5.77. The third-order valence-electron chi connectivity index (χ3n) is 8.09. The largest absolute Gasteiger partial charge is 0.493 e. The van der Waals surface area contributed by atoms with Crippen molar-refractivity contribution in [2.24, 2.45) is 0 Å². The van der Waals surface area contributed by atoms with E-state index in [4.69, 9.17) is 25.8 Å². The molecule has 0 radical (unpaired) electrons. The highest BCUT2D eigenvalue weighted by atomic mass is 35.5. The van der Waals surface area contributed by atoms with Crippen LogP contribution in [0, 0.1) is 0 Å². The Kier molecular flexibility index (Phi) is 9.84. The van der Waals surface area contributed by atoms with Gasteiger partial charge in [-0.25, -0.2) is 4.68 Å². The molecule has 4 aromatic carbocycles. The molecule has 12 heteroatoms. The van der Waals surface area contributed by atoms with Crippen LogP contribution in [0.2, 0.25) is 5.02 Å². The maximum atomic E-state index is 14.4. The number of hydrogen-bond donors (Lipinski definition) is 1. The Hall–Kier alpha value is -5.13. The summed E-state index contributed by atoms with van der Waals surface area (Å²) in [6.07, 6.45) is 0. The first-order valence-electron chi connectivity index (χ1n) is 15.2. The molecule has 2 heterocycles. The lowest BCUT2D eigenvalue weighted by Crippen LogP contribution is -2.42. The number of anilines is 2. The number of benzene rings is 4. The quantitative estimate of drug-likeness (QED) is 0.203. The van der Waals surface area contributed by atoms with E-state index in [1.54, 1.807) is 47.0 Å². The van der Waals surface area contributed by atoms with Gasteiger partial charge in [0.05, 0.1) is 33.0 Å². The van der Waals surface area contributed by atoms with Crippen LogP contribution in [0.25, 0.3) is 11.0 Å². The smallest absolute Gasteiger partial charge is 0.251 e. The first-order valence-corrected chi connectivity index (χ1v) is 15.6. The number of ether oxygens (including phenoxy) is 3. The van der Waals surface area contributed by atoms with Gasteiger partial charge in [-0.3, -0.25) is 9.59 Å². The summed E-state index contributed by atoms with van der Waals surface area (Å²) in [5, 5.41) is 12.1. The van der Waals surface area contributed by atoms with Crippen molar-refractivity contribution in [2.75, 3.05) is 50.7 Å². The molecule has 1 N–H and O–H groups in total. The van der Waals surface area contributed by atoms with Gasteiger partial charge in [-0.2, -0.15) is 0 Å². The molecule has 0 spiro atoms. The highest BCUT2D eigenvalue weighted by Crippen LogP contribution is 2.34. The summed E-state index contributed by atoms with van der Waals surface area (Å²) >= 11 is 6.18. The highest BCUT2D eigenvalue weighted by Gasteiger charge is 2.33. The number of carbonyl (C=O) groups excluding carboxylic acids is 2. The molecular weight excluding hydrogens is 620 g/mol. The van der Waals surface area contributed by atoms with Crippen LogP contribution in [0.15, 0.2) is 91.0 Å². The molecule has 0 aliphatic carbocycles. The van der Waals surface area contributed by atoms with E-state index in [2.05, 4.69) is 20.5 Å². The van der Waals surface area contributed by atoms with Gasteiger partial charge >= 0.3 is 0 Å². The number of halogens is 1. The number of nitrogens with one attached hydrogen (secondary N) is 1. The lowest BCUT2D eigenvalue weighted by Gasteiger charge is -2.32. The van der Waals surface area contributed by atoms with E-state index in [9.17, 15) is 9.59 Å². The van der Waals surface area contributed by atoms with Crippen molar-refractivity contribution in [3.8, 4) is 11.5 Å². The minimum absolute atomic E-state index is 0.116. The van der Waals surface area contributed by atoms with E-state index in [0.717, 1.165) is 24.3 Å². The molecule has 242 valence electrons. The predicted molar refractivity (Wildman–Crippen MR) is 180 cm³/mol. The van der Waals surface area contributed by atoms with Gasteiger partial charge in [-0.1, -0.05) is 47.1 Å². The molecule has 0 saturated carbocycles. The van der Waals surface area contributed by atoms with Crippen molar-refractivity contribution in [2.45, 2.75) is 19.1 Å². The van der Waals surface area contributed by atoms with Gasteiger partial charge in [0.25, 0.3) is 5.91 Å². The maximum absolute atomic E-state index is 14.4. The minimum atomic E-state index is -1.06. The van der Waals surface area contributed by atoms with Gasteiger partial charge in [0.2, 0.25) is 5.91 Å². The molecule has 1 fully saturated rings. The second-order valence-corrected chi connectivity index (χ2v) is 11.5. The molecule has 1 saturated heterocycles. The standard InChI is InChI=1S/C35H35ClN6O5/c1-45-31-16-9-25(21-32(31)46-2)34(35(44)37-27-12-14-28(15-13-27)40-17-19-47-20-18-40)41(22-24-7-10-26(36)11-8-24)33(43)23-42-30-6-4-3-5-29(30)38-39-42/h3-16,21,34H,17-20,22-23H2,1-2H3,(H,37,44). The van der Waals surface area contributed by atoms with Gasteiger partial charge in [-0.15, -0.1) is 5.10 Å². The van der Waals surface area contributed by atoms with Crippen molar-refractivity contribution in [3.05, 3.63) is 107 Å². The number of hydrogen-bond acceptors (Lipinski definition) is 8. The normalized spacial score (nSPS) is 13.6. The van der Waals surface area contributed by atoms with Gasteiger partial charge in [-0.05, 0) is 71.8 Å². The number of morpholine rings is 1. The molecule has 5 aromatic rings. The predicted octanol–water partition coefficient (Wildman–Crippen LogP) is 5.35. The fourth-order valence-electron chi connectivity index (χ4n) is 5.65. The van der Waals surface area contributed by atoms with Gasteiger partial charge in [0.1, 0.15) is 18.1 Å². The minimum Gasteiger partial charge on any atom is -0.493 e. The van der Waals surface area contributed by atoms with E-state index in [1.165, 1.54) is 7.11 Å². The number of rotatable bonds is 11. The second kappa shape index (κ2) is 14.5. The number of nitrogens with zero attached hydrogens (tertiary/aromatic N) is 5. The van der Waals surface area contributed by atoms with Crippen molar-refractivity contribution in [1.29, 1.82) is 0 Å². The number of aromatic nitrogens is 3. The summed E-state index contributed by atoms with van der Waals surface area (Å²) in [4.78, 5) is 32.5. The Bertz CT molecular complexity index is 1840. The van der Waals surface area contributed by atoms with E-state index in [1.807, 2.05) is 60.7 Å². The zero-order chi connectivity index (χ0) is 32.8. The zero-order valence-electron chi connectivity index (χ0n) is 26.1. The van der Waals surface area contributed by atoms with E-state index in [-0.39, 0.29) is 19.0 Å². The average Bonchev–Trinajstić information content (AvgIpc) is 3.51. The lowest BCUT2D eigenvalue weighted by molar-refractivity contribution is -0.140. The lowest BCUT2D eigenvalue weighted by atomic mass is 10.0. The van der Waals surface area contributed by atoms with Gasteiger partial charge in [0.15, 0.2) is 11.5 Å². The van der Waals surface area contributed by atoms with Gasteiger partial charge < -0.3 is 29.3 Å². The first-order chi connectivity index (χ1) is 22.9. The Balaban J connectivity index is 1.37. The molecule has 11 nitrogen and oxygen atoms in total. The first kappa shape index (κ1) is 31.8. The summed E-state index contributed by atoms with van der Waals surface area (Å²) in [5.41, 5.74) is 4.34. The number of para-hydroxylation sites is 1. The number of methoxy groups -OCH3 is 2. The molecule has 1 unspecified atom stereocenters. The molecule has 2 amide bonds. The van der Waals surface area contributed by atoms with Crippen molar-refractivity contribution >= 4 is 45.8 Å². The number of amides is 2. The monoisotopic (exact) mass is 654 g/mol. The van der Waals surface area contributed by atoms with Crippen LogP contribution in [-0.4, -0.2) is 72.2 Å². The molecule has 1 aliphatic heterocycles. The van der Waals surface area contributed by atoms with Crippen LogP contribution in [0.3, 0.4) is 0 Å². The molecule has 1 aliphatic rings. The highest BCUT2D eigenvalue weighted by molar-refractivity contribution is 6.30. The molecular formula is C35H35ClN6O5. The Morgan fingerprint density at radius 2 is 1.66 bits per heavy atom. The van der Waals surface area contributed by atoms with Crippen LogP contribution < -0.4 is 19.7 Å². The number of carbonyl (C=O) groups is 2. The van der Waals surface area contributed by atoms with Crippen molar-refractivity contribution in [1.82, 2.24) is 19.9 Å². The fraction of sp³-hybridized carbons (Fsp3) is 0.257. The third kappa shape index (κ3) is 7.32. The van der Waals surface area contributed by atoms with E-state index in [0.29, 0.717) is 52.0 Å². The van der Waals surface area contributed by atoms with Crippen molar-refractivity contribution < 1.29 is 23.8 Å². The van der Waals surface area contributed by atoms with E-state index < -0.39 is 11.9 Å².